The Bertz CT molecular complexity index is 675. The summed E-state index contributed by atoms with van der Waals surface area (Å²) in [6.07, 6.45) is 0. The molecule has 0 fully saturated rings. The van der Waals surface area contributed by atoms with Crippen LogP contribution in [0.5, 0.6) is 0 Å². The smallest absolute Gasteiger partial charge is 0.184 e. The van der Waals surface area contributed by atoms with Crippen LogP contribution in [0, 0.1) is 13.8 Å². The molecule has 0 saturated heterocycles. The summed E-state index contributed by atoms with van der Waals surface area (Å²) in [6, 6.07) is 4.76. The molecule has 0 atom stereocenters. The normalized spacial score (nSPS) is 11.7. The quantitative estimate of drug-likeness (QED) is 0.877. The predicted octanol–water partition coefficient (Wildman–Crippen LogP) is 2.32. The molecule has 0 aliphatic heterocycles. The molecule has 2 aromatic rings. The molecule has 0 aliphatic rings. The number of sulfone groups is 1. The van der Waals surface area contributed by atoms with Gasteiger partial charge in [0.1, 0.15) is 0 Å². The summed E-state index contributed by atoms with van der Waals surface area (Å²) in [7, 11) is -3.35. The first kappa shape index (κ1) is 13.0. The van der Waals surface area contributed by atoms with Gasteiger partial charge in [-0.25, -0.2) is 13.4 Å². The minimum atomic E-state index is -3.35. The molecule has 0 aliphatic carbocycles. The third kappa shape index (κ3) is 2.70. The summed E-state index contributed by atoms with van der Waals surface area (Å²) in [5.74, 6) is -0.0688. The van der Waals surface area contributed by atoms with Crippen LogP contribution in [0.4, 0.5) is 5.69 Å². The van der Waals surface area contributed by atoms with Gasteiger partial charge in [0.2, 0.25) is 0 Å². The monoisotopic (exact) mass is 282 g/mol. The largest absolute Gasteiger partial charge is 0.399 e. The van der Waals surface area contributed by atoms with Crippen molar-refractivity contribution in [1.82, 2.24) is 4.98 Å². The zero-order valence-electron chi connectivity index (χ0n) is 10.2. The number of thiazole rings is 1. The number of nitrogens with two attached hydrogens (primary N) is 1. The minimum absolute atomic E-state index is 0.0688. The first-order valence-electron chi connectivity index (χ1n) is 5.38. The van der Waals surface area contributed by atoms with E-state index in [1.807, 2.05) is 6.92 Å². The van der Waals surface area contributed by atoms with Crippen molar-refractivity contribution in [1.29, 1.82) is 0 Å². The molecule has 0 unspecified atom stereocenters. The summed E-state index contributed by atoms with van der Waals surface area (Å²) >= 11 is 1.45. The lowest BCUT2D eigenvalue weighted by Gasteiger charge is -2.05. The van der Waals surface area contributed by atoms with Crippen LogP contribution in [0.1, 0.15) is 16.3 Å². The molecule has 96 valence electrons. The third-order valence-corrected chi connectivity index (χ3v) is 5.08. The molecule has 0 spiro atoms. The van der Waals surface area contributed by atoms with E-state index in [9.17, 15) is 8.42 Å². The van der Waals surface area contributed by atoms with Crippen molar-refractivity contribution in [2.75, 3.05) is 5.73 Å². The fourth-order valence-electron chi connectivity index (χ4n) is 1.59. The van der Waals surface area contributed by atoms with E-state index >= 15 is 0 Å². The predicted molar refractivity (Wildman–Crippen MR) is 73.3 cm³/mol. The van der Waals surface area contributed by atoms with Gasteiger partial charge in [-0.2, -0.15) is 0 Å². The molecule has 0 amide bonds. The van der Waals surface area contributed by atoms with Gasteiger partial charge in [0.15, 0.2) is 9.84 Å². The van der Waals surface area contributed by atoms with Crippen LogP contribution >= 0.6 is 11.3 Å². The number of aryl methyl sites for hydroxylation is 2. The van der Waals surface area contributed by atoms with Gasteiger partial charge in [-0.15, -0.1) is 11.3 Å². The van der Waals surface area contributed by atoms with Crippen LogP contribution in [0.3, 0.4) is 0 Å². The first-order valence-corrected chi connectivity index (χ1v) is 7.91. The van der Waals surface area contributed by atoms with Gasteiger partial charge in [-0.1, -0.05) is 0 Å². The van der Waals surface area contributed by atoms with Crippen molar-refractivity contribution in [3.8, 4) is 0 Å². The third-order valence-electron chi connectivity index (χ3n) is 2.60. The maximum Gasteiger partial charge on any atom is 0.184 e. The number of hydrogen-bond acceptors (Lipinski definition) is 5. The van der Waals surface area contributed by atoms with Crippen molar-refractivity contribution in [3.63, 3.8) is 0 Å². The maximum absolute atomic E-state index is 12.2. The molecule has 2 N–H and O–H groups in total. The van der Waals surface area contributed by atoms with Crippen molar-refractivity contribution in [2.45, 2.75) is 24.5 Å². The highest BCUT2D eigenvalue weighted by molar-refractivity contribution is 7.90. The Labute approximate surface area is 110 Å². The molecule has 18 heavy (non-hydrogen) atoms. The molecule has 0 bridgehead atoms. The zero-order valence-corrected chi connectivity index (χ0v) is 11.8. The van der Waals surface area contributed by atoms with Gasteiger partial charge in [0, 0.05) is 11.1 Å². The highest BCUT2D eigenvalue weighted by atomic mass is 32.2. The van der Waals surface area contributed by atoms with Crippen LogP contribution in [-0.4, -0.2) is 13.4 Å². The Morgan fingerprint density at radius 3 is 2.61 bits per heavy atom. The molecule has 2 rings (SSSR count). The topological polar surface area (TPSA) is 73.0 Å². The van der Waals surface area contributed by atoms with Crippen LogP contribution in [0.25, 0.3) is 0 Å². The number of rotatable bonds is 3. The van der Waals surface area contributed by atoms with E-state index < -0.39 is 9.84 Å². The minimum Gasteiger partial charge on any atom is -0.399 e. The molecule has 0 radical (unpaired) electrons. The van der Waals surface area contributed by atoms with Crippen molar-refractivity contribution in [3.05, 3.63) is 39.8 Å². The van der Waals surface area contributed by atoms with Gasteiger partial charge in [0.25, 0.3) is 0 Å². The van der Waals surface area contributed by atoms with Gasteiger partial charge >= 0.3 is 0 Å². The van der Waals surface area contributed by atoms with Gasteiger partial charge in [0.05, 0.1) is 21.3 Å². The molecular formula is C12H14N2O2S2. The number of nitrogens with zero attached hydrogens (tertiary/aromatic N) is 1. The Kier molecular flexibility index (Phi) is 3.41. The van der Waals surface area contributed by atoms with Gasteiger partial charge in [-0.3, -0.25) is 0 Å². The fourth-order valence-corrected chi connectivity index (χ4v) is 3.65. The zero-order chi connectivity index (χ0) is 13.3. The number of benzene rings is 1. The second-order valence-corrected chi connectivity index (χ2v) is 7.19. The second kappa shape index (κ2) is 4.70. The van der Waals surface area contributed by atoms with Crippen LogP contribution in [0.15, 0.2) is 28.5 Å². The van der Waals surface area contributed by atoms with Gasteiger partial charge < -0.3 is 5.73 Å². The lowest BCUT2D eigenvalue weighted by Crippen LogP contribution is -2.06. The summed E-state index contributed by atoms with van der Waals surface area (Å²) in [5, 5.41) is 2.64. The average molecular weight is 282 g/mol. The van der Waals surface area contributed by atoms with E-state index in [2.05, 4.69) is 4.98 Å². The Morgan fingerprint density at radius 2 is 2.06 bits per heavy atom. The van der Waals surface area contributed by atoms with E-state index in [0.29, 0.717) is 16.3 Å². The summed E-state index contributed by atoms with van der Waals surface area (Å²) in [4.78, 5) is 4.47. The van der Waals surface area contributed by atoms with Crippen LogP contribution < -0.4 is 5.73 Å². The van der Waals surface area contributed by atoms with Crippen molar-refractivity contribution >= 4 is 26.9 Å². The van der Waals surface area contributed by atoms with E-state index in [4.69, 9.17) is 5.73 Å². The molecular weight excluding hydrogens is 268 g/mol. The number of hydrogen-bond donors (Lipinski definition) is 1. The summed E-state index contributed by atoms with van der Waals surface area (Å²) in [6.45, 7) is 3.65. The average Bonchev–Trinajstić information content (AvgIpc) is 2.67. The van der Waals surface area contributed by atoms with E-state index in [1.165, 1.54) is 17.4 Å². The number of nitrogen functional groups attached to an aromatic ring is 1. The fraction of sp³-hybridized carbons (Fsp3) is 0.250. The SMILES string of the molecule is Cc1nc(CS(=O)(=O)c2ccc(N)c(C)c2)cs1. The highest BCUT2D eigenvalue weighted by Crippen LogP contribution is 2.21. The summed E-state index contributed by atoms with van der Waals surface area (Å²) in [5.41, 5.74) is 7.64. The van der Waals surface area contributed by atoms with Crippen molar-refractivity contribution < 1.29 is 8.42 Å². The van der Waals surface area contributed by atoms with E-state index in [1.54, 1.807) is 24.4 Å². The standard InChI is InChI=1S/C12H14N2O2S2/c1-8-5-11(3-4-12(8)13)18(15,16)7-10-6-17-9(2)14-10/h3-6H,7,13H2,1-2H3. The highest BCUT2D eigenvalue weighted by Gasteiger charge is 2.17. The molecule has 6 heteroatoms. The van der Waals surface area contributed by atoms with E-state index in [-0.39, 0.29) is 5.75 Å². The Balaban J connectivity index is 2.33. The lowest BCUT2D eigenvalue weighted by molar-refractivity contribution is 0.594. The molecule has 1 aromatic heterocycles. The van der Waals surface area contributed by atoms with Gasteiger partial charge in [-0.05, 0) is 37.6 Å². The molecule has 4 nitrogen and oxygen atoms in total. The molecule has 1 heterocycles. The molecule has 1 aromatic carbocycles. The number of aromatic nitrogens is 1. The molecule has 0 saturated carbocycles. The Morgan fingerprint density at radius 1 is 1.33 bits per heavy atom. The number of anilines is 1. The van der Waals surface area contributed by atoms with Crippen LogP contribution in [0.2, 0.25) is 0 Å². The maximum atomic E-state index is 12.2. The Hall–Kier alpha value is -1.40. The van der Waals surface area contributed by atoms with Crippen LogP contribution in [-0.2, 0) is 15.6 Å². The van der Waals surface area contributed by atoms with E-state index in [0.717, 1.165) is 10.6 Å². The lowest BCUT2D eigenvalue weighted by atomic mass is 10.2. The first-order chi connectivity index (χ1) is 8.38. The second-order valence-electron chi connectivity index (χ2n) is 4.14. The van der Waals surface area contributed by atoms with Crippen molar-refractivity contribution in [2.24, 2.45) is 0 Å². The summed E-state index contributed by atoms with van der Waals surface area (Å²) < 4.78 is 24.4.